The van der Waals surface area contributed by atoms with Gasteiger partial charge in [-0.05, 0) is 35.3 Å². The minimum absolute atomic E-state index is 0.257. The van der Waals surface area contributed by atoms with Crippen LogP contribution in [0.3, 0.4) is 0 Å². The van der Waals surface area contributed by atoms with Crippen LogP contribution in [0.1, 0.15) is 20.9 Å². The lowest BCUT2D eigenvalue weighted by Gasteiger charge is -2.03. The second kappa shape index (κ2) is 3.98. The number of halogens is 2. The third-order valence-corrected chi connectivity index (χ3v) is 5.00. The van der Waals surface area contributed by atoms with Gasteiger partial charge in [0.1, 0.15) is 9.71 Å². The number of pyridine rings is 1. The summed E-state index contributed by atoms with van der Waals surface area (Å²) in [5.41, 5.74) is 1.58. The van der Waals surface area contributed by atoms with E-state index in [1.54, 1.807) is 0 Å². The van der Waals surface area contributed by atoms with Crippen molar-refractivity contribution in [3.63, 3.8) is 0 Å². The highest BCUT2D eigenvalue weighted by atomic mass is 79.9. The molecule has 0 bridgehead atoms. The zero-order chi connectivity index (χ0) is 12.0. The van der Waals surface area contributed by atoms with E-state index < -0.39 is 5.97 Å². The summed E-state index contributed by atoms with van der Waals surface area (Å²) in [6.07, 6.45) is 0. The summed E-state index contributed by atoms with van der Waals surface area (Å²) >= 11 is 10.5. The van der Waals surface area contributed by atoms with Gasteiger partial charge in [0.25, 0.3) is 0 Å². The highest BCUT2D eigenvalue weighted by Crippen LogP contribution is 2.39. The number of aryl methyl sites for hydroxylation is 2. The Balaban J connectivity index is 2.93. The molecule has 0 aliphatic rings. The van der Waals surface area contributed by atoms with Crippen molar-refractivity contribution in [2.75, 3.05) is 0 Å². The van der Waals surface area contributed by atoms with Crippen LogP contribution in [-0.2, 0) is 0 Å². The molecule has 0 fully saturated rings. The SMILES string of the molecule is Cc1nc2sc(C(=O)O)c(Br)c2c(C)c1Cl. The van der Waals surface area contributed by atoms with E-state index in [4.69, 9.17) is 16.7 Å². The smallest absolute Gasteiger partial charge is 0.347 e. The number of fused-ring (bicyclic) bond motifs is 1. The van der Waals surface area contributed by atoms with Crippen LogP contribution in [0.5, 0.6) is 0 Å². The maximum Gasteiger partial charge on any atom is 0.347 e. The maximum absolute atomic E-state index is 11.0. The van der Waals surface area contributed by atoms with Crippen molar-refractivity contribution in [2.45, 2.75) is 13.8 Å². The summed E-state index contributed by atoms with van der Waals surface area (Å²) in [7, 11) is 0. The molecule has 0 radical (unpaired) electrons. The fourth-order valence-corrected chi connectivity index (χ4v) is 3.70. The van der Waals surface area contributed by atoms with Gasteiger partial charge in [-0.2, -0.15) is 0 Å². The van der Waals surface area contributed by atoms with Gasteiger partial charge in [0.15, 0.2) is 0 Å². The first kappa shape index (κ1) is 11.8. The lowest BCUT2D eigenvalue weighted by atomic mass is 10.2. The lowest BCUT2D eigenvalue weighted by Crippen LogP contribution is -1.92. The molecule has 3 nitrogen and oxygen atoms in total. The Morgan fingerprint density at radius 1 is 1.50 bits per heavy atom. The Bertz CT molecular complexity index is 609. The van der Waals surface area contributed by atoms with Gasteiger partial charge in [-0.25, -0.2) is 9.78 Å². The second-order valence-electron chi connectivity index (χ2n) is 3.37. The number of carboxylic acids is 1. The zero-order valence-corrected chi connectivity index (χ0v) is 11.6. The minimum atomic E-state index is -0.956. The van der Waals surface area contributed by atoms with Crippen molar-refractivity contribution in [2.24, 2.45) is 0 Å². The first-order chi connectivity index (χ1) is 7.43. The summed E-state index contributed by atoms with van der Waals surface area (Å²) in [6, 6.07) is 0. The molecule has 0 aliphatic carbocycles. The molecule has 2 aromatic rings. The standard InChI is InChI=1S/C10H7BrClNO2S/c1-3-5-6(11)8(10(14)15)16-9(5)13-4(2)7(3)12/h1-2H3,(H,14,15). The minimum Gasteiger partial charge on any atom is -0.477 e. The van der Waals surface area contributed by atoms with E-state index >= 15 is 0 Å². The number of hydrogen-bond donors (Lipinski definition) is 1. The fraction of sp³-hybridized carbons (Fsp3) is 0.200. The molecule has 0 aromatic carbocycles. The normalized spacial score (nSPS) is 11.0. The van der Waals surface area contributed by atoms with E-state index in [1.165, 1.54) is 0 Å². The van der Waals surface area contributed by atoms with Crippen molar-refractivity contribution in [3.05, 3.63) is 25.6 Å². The number of carbonyl (C=O) groups is 1. The summed E-state index contributed by atoms with van der Waals surface area (Å²) in [6.45, 7) is 3.67. The molecule has 2 aromatic heterocycles. The van der Waals surface area contributed by atoms with Crippen molar-refractivity contribution < 1.29 is 9.90 Å². The molecule has 2 rings (SSSR count). The van der Waals surface area contributed by atoms with E-state index in [0.29, 0.717) is 14.3 Å². The van der Waals surface area contributed by atoms with Gasteiger partial charge in [-0.15, -0.1) is 11.3 Å². The van der Waals surface area contributed by atoms with Gasteiger partial charge in [-0.1, -0.05) is 11.6 Å². The highest BCUT2D eigenvalue weighted by Gasteiger charge is 2.20. The molecule has 6 heteroatoms. The summed E-state index contributed by atoms with van der Waals surface area (Å²) in [4.78, 5) is 16.2. The number of aromatic carboxylic acids is 1. The first-order valence-electron chi connectivity index (χ1n) is 4.41. The number of rotatable bonds is 1. The van der Waals surface area contributed by atoms with E-state index in [1.807, 2.05) is 13.8 Å². The van der Waals surface area contributed by atoms with E-state index in [0.717, 1.165) is 28.0 Å². The predicted molar refractivity (Wildman–Crippen MR) is 68.8 cm³/mol. The topological polar surface area (TPSA) is 50.2 Å². The number of nitrogens with zero attached hydrogens (tertiary/aromatic N) is 1. The summed E-state index contributed by atoms with van der Waals surface area (Å²) in [5.74, 6) is -0.956. The summed E-state index contributed by atoms with van der Waals surface area (Å²) in [5, 5.41) is 10.4. The van der Waals surface area contributed by atoms with Gasteiger partial charge in [0, 0.05) is 5.39 Å². The molecule has 1 N–H and O–H groups in total. The van der Waals surface area contributed by atoms with Gasteiger partial charge in [0.05, 0.1) is 15.2 Å². The molecule has 0 saturated heterocycles. The largest absolute Gasteiger partial charge is 0.477 e. The molecule has 0 atom stereocenters. The number of hydrogen-bond acceptors (Lipinski definition) is 3. The average molecular weight is 321 g/mol. The summed E-state index contributed by atoms with van der Waals surface area (Å²) < 4.78 is 0.562. The molecule has 0 unspecified atom stereocenters. The average Bonchev–Trinajstić information content (AvgIpc) is 2.52. The molecule has 0 aliphatic heterocycles. The zero-order valence-electron chi connectivity index (χ0n) is 8.47. The molecular weight excluding hydrogens is 314 g/mol. The third-order valence-electron chi connectivity index (χ3n) is 2.32. The fourth-order valence-electron chi connectivity index (χ4n) is 1.52. The van der Waals surface area contributed by atoms with Gasteiger partial charge in [-0.3, -0.25) is 0 Å². The molecule has 84 valence electrons. The second-order valence-corrected chi connectivity index (χ2v) is 5.54. The van der Waals surface area contributed by atoms with E-state index in [9.17, 15) is 4.79 Å². The first-order valence-corrected chi connectivity index (χ1v) is 6.40. The molecule has 0 spiro atoms. The molecule has 2 heterocycles. The maximum atomic E-state index is 11.0. The predicted octanol–water partition coefficient (Wildman–Crippen LogP) is 4.03. The van der Waals surface area contributed by atoms with E-state index in [2.05, 4.69) is 20.9 Å². The Labute approximate surface area is 109 Å². The van der Waals surface area contributed by atoms with Gasteiger partial charge < -0.3 is 5.11 Å². The lowest BCUT2D eigenvalue weighted by molar-refractivity contribution is 0.0701. The Hall–Kier alpha value is -0.650. The van der Waals surface area contributed by atoms with Crippen molar-refractivity contribution in [1.29, 1.82) is 0 Å². The van der Waals surface area contributed by atoms with Crippen molar-refractivity contribution in [3.8, 4) is 0 Å². The van der Waals surface area contributed by atoms with E-state index in [-0.39, 0.29) is 4.88 Å². The third kappa shape index (κ3) is 1.63. The number of carboxylic acid groups (broad SMARTS) is 1. The number of aromatic nitrogens is 1. The quantitative estimate of drug-likeness (QED) is 0.863. The number of thiophene rings is 1. The van der Waals surface area contributed by atoms with Crippen molar-refractivity contribution in [1.82, 2.24) is 4.98 Å². The molecule has 0 saturated carbocycles. The van der Waals surface area contributed by atoms with Crippen LogP contribution in [0.25, 0.3) is 10.2 Å². The van der Waals surface area contributed by atoms with Crippen LogP contribution in [0.15, 0.2) is 4.47 Å². The van der Waals surface area contributed by atoms with Crippen LogP contribution in [0, 0.1) is 13.8 Å². The van der Waals surface area contributed by atoms with Gasteiger partial charge in [0.2, 0.25) is 0 Å². The monoisotopic (exact) mass is 319 g/mol. The van der Waals surface area contributed by atoms with Crippen LogP contribution in [-0.4, -0.2) is 16.1 Å². The Kier molecular flexibility index (Phi) is 2.94. The van der Waals surface area contributed by atoms with Crippen LogP contribution < -0.4 is 0 Å². The van der Waals surface area contributed by atoms with Crippen LogP contribution in [0.2, 0.25) is 5.02 Å². The molecule has 16 heavy (non-hydrogen) atoms. The molecule has 0 amide bonds. The molecular formula is C10H7BrClNO2S. The van der Waals surface area contributed by atoms with Crippen molar-refractivity contribution >= 4 is 55.1 Å². The van der Waals surface area contributed by atoms with Crippen LogP contribution in [0.4, 0.5) is 0 Å². The highest BCUT2D eigenvalue weighted by molar-refractivity contribution is 9.10. The van der Waals surface area contributed by atoms with Gasteiger partial charge >= 0.3 is 5.97 Å². The van der Waals surface area contributed by atoms with Crippen LogP contribution >= 0.6 is 38.9 Å². The Morgan fingerprint density at radius 2 is 2.12 bits per heavy atom. The Morgan fingerprint density at radius 3 is 2.69 bits per heavy atom.